The van der Waals surface area contributed by atoms with Crippen LogP contribution in [0.15, 0.2) is 17.3 Å². The molecule has 2 fully saturated rings. The molecule has 2 atom stereocenters. The molecule has 7 heteroatoms. The number of Topliss-reactive ketones (excluding diaryl/α,β-unsaturated/α-hetero) is 1. The zero-order valence-electron chi connectivity index (χ0n) is 12.0. The summed E-state index contributed by atoms with van der Waals surface area (Å²) in [7, 11) is -3.58. The normalized spacial score (nSPS) is 28.7. The van der Waals surface area contributed by atoms with Crippen LogP contribution in [-0.4, -0.2) is 41.3 Å². The quantitative estimate of drug-likeness (QED) is 0.921. The van der Waals surface area contributed by atoms with Crippen LogP contribution in [0.2, 0.25) is 0 Å². The van der Waals surface area contributed by atoms with E-state index in [4.69, 9.17) is 0 Å². The largest absolute Gasteiger partial charge is 0.299 e. The third-order valence-corrected chi connectivity index (χ3v) is 6.48. The van der Waals surface area contributed by atoms with Crippen LogP contribution in [0.25, 0.3) is 0 Å². The first-order valence-electron chi connectivity index (χ1n) is 7.64. The highest BCUT2D eigenvalue weighted by Crippen LogP contribution is 2.34. The molecule has 1 saturated heterocycles. The summed E-state index contributed by atoms with van der Waals surface area (Å²) in [5.74, 6) is 0.106. The second kappa shape index (κ2) is 5.88. The number of nitrogens with zero attached hydrogens (tertiary/aromatic N) is 2. The van der Waals surface area contributed by atoms with Crippen LogP contribution in [0.4, 0.5) is 0 Å². The van der Waals surface area contributed by atoms with Gasteiger partial charge in [-0.3, -0.25) is 9.89 Å². The molecule has 0 spiro atoms. The SMILES string of the molecule is O=C1CCCCC1C1CCCCN1S(=O)(=O)c1ccn[nH]1. The average molecular weight is 311 g/mol. The maximum absolute atomic E-state index is 12.8. The number of hydrogen-bond donors (Lipinski definition) is 1. The highest BCUT2D eigenvalue weighted by atomic mass is 32.2. The molecule has 2 unspecified atom stereocenters. The summed E-state index contributed by atoms with van der Waals surface area (Å²) in [6.45, 7) is 0.496. The number of aromatic amines is 1. The van der Waals surface area contributed by atoms with Gasteiger partial charge in [0.15, 0.2) is 5.03 Å². The van der Waals surface area contributed by atoms with Gasteiger partial charge in [-0.1, -0.05) is 12.8 Å². The van der Waals surface area contributed by atoms with Gasteiger partial charge in [0.2, 0.25) is 0 Å². The average Bonchev–Trinajstić information content (AvgIpc) is 3.03. The van der Waals surface area contributed by atoms with Gasteiger partial charge in [0.05, 0.1) is 6.20 Å². The van der Waals surface area contributed by atoms with Crippen molar-refractivity contribution < 1.29 is 13.2 Å². The van der Waals surface area contributed by atoms with Crippen molar-refractivity contribution in [1.82, 2.24) is 14.5 Å². The Hall–Kier alpha value is -1.21. The fourth-order valence-electron chi connectivity index (χ4n) is 3.56. The Morgan fingerprint density at radius 3 is 2.71 bits per heavy atom. The minimum absolute atomic E-state index is 0.123. The van der Waals surface area contributed by atoms with Gasteiger partial charge in [0.1, 0.15) is 5.78 Å². The Morgan fingerprint density at radius 1 is 1.19 bits per heavy atom. The molecule has 1 aromatic heterocycles. The Balaban J connectivity index is 1.89. The molecule has 1 aliphatic heterocycles. The van der Waals surface area contributed by atoms with Gasteiger partial charge in [-0.25, -0.2) is 8.42 Å². The first kappa shape index (κ1) is 14.7. The van der Waals surface area contributed by atoms with Gasteiger partial charge in [-0.05, 0) is 31.7 Å². The molecule has 0 radical (unpaired) electrons. The number of nitrogens with one attached hydrogen (secondary N) is 1. The molecule has 0 aromatic carbocycles. The molecule has 116 valence electrons. The standard InChI is InChI=1S/C14H21N3O3S/c18-13-7-2-1-5-11(13)12-6-3-4-10-17(12)21(19,20)14-8-9-15-16-14/h8-9,11-12H,1-7,10H2,(H,15,16). The monoisotopic (exact) mass is 311 g/mol. The van der Waals surface area contributed by atoms with E-state index in [1.807, 2.05) is 0 Å². The third-order valence-electron chi connectivity index (χ3n) is 4.63. The molecular weight excluding hydrogens is 290 g/mol. The summed E-state index contributed by atoms with van der Waals surface area (Å²) in [6, 6.07) is 1.30. The summed E-state index contributed by atoms with van der Waals surface area (Å²) < 4.78 is 27.0. The molecule has 2 aliphatic rings. The minimum atomic E-state index is -3.58. The number of piperidine rings is 1. The molecule has 1 saturated carbocycles. The van der Waals surface area contributed by atoms with Gasteiger partial charge in [-0.15, -0.1) is 0 Å². The molecule has 1 aliphatic carbocycles. The van der Waals surface area contributed by atoms with Crippen molar-refractivity contribution in [3.05, 3.63) is 12.3 Å². The van der Waals surface area contributed by atoms with Gasteiger partial charge < -0.3 is 0 Å². The van der Waals surface area contributed by atoms with E-state index in [0.717, 1.165) is 38.5 Å². The van der Waals surface area contributed by atoms with Crippen molar-refractivity contribution in [2.75, 3.05) is 6.54 Å². The zero-order chi connectivity index (χ0) is 14.9. The maximum Gasteiger partial charge on any atom is 0.260 e. The van der Waals surface area contributed by atoms with Crippen LogP contribution in [0.3, 0.4) is 0 Å². The van der Waals surface area contributed by atoms with Crippen LogP contribution in [0.5, 0.6) is 0 Å². The number of carbonyl (C=O) groups excluding carboxylic acids is 1. The van der Waals surface area contributed by atoms with Gasteiger partial charge in [-0.2, -0.15) is 9.40 Å². The predicted molar refractivity (Wildman–Crippen MR) is 77.1 cm³/mol. The van der Waals surface area contributed by atoms with Crippen LogP contribution in [0, 0.1) is 5.92 Å². The lowest BCUT2D eigenvalue weighted by molar-refractivity contribution is -0.126. The molecule has 6 nitrogen and oxygen atoms in total. The molecule has 1 N–H and O–H groups in total. The summed E-state index contributed by atoms with van der Waals surface area (Å²) in [4.78, 5) is 12.2. The summed E-state index contributed by atoms with van der Waals surface area (Å²) >= 11 is 0. The maximum atomic E-state index is 12.8. The van der Waals surface area contributed by atoms with Crippen LogP contribution in [-0.2, 0) is 14.8 Å². The highest BCUT2D eigenvalue weighted by molar-refractivity contribution is 7.89. The summed E-state index contributed by atoms with van der Waals surface area (Å²) in [5.41, 5.74) is 0. The third kappa shape index (κ3) is 2.76. The lowest BCUT2D eigenvalue weighted by Gasteiger charge is -2.39. The number of rotatable bonds is 3. The van der Waals surface area contributed by atoms with Crippen molar-refractivity contribution in [3.63, 3.8) is 0 Å². The molecule has 1 aromatic rings. The van der Waals surface area contributed by atoms with E-state index < -0.39 is 10.0 Å². The molecular formula is C14H21N3O3S. The number of aromatic nitrogens is 2. The lowest BCUT2D eigenvalue weighted by Crippen LogP contribution is -2.50. The van der Waals surface area contributed by atoms with E-state index >= 15 is 0 Å². The molecule has 0 amide bonds. The van der Waals surface area contributed by atoms with Crippen molar-refractivity contribution in [3.8, 4) is 0 Å². The summed E-state index contributed by atoms with van der Waals surface area (Å²) in [6.07, 6.45) is 7.44. The van der Waals surface area contributed by atoms with E-state index in [1.165, 1.54) is 16.6 Å². The van der Waals surface area contributed by atoms with Crippen molar-refractivity contribution in [2.45, 2.75) is 56.0 Å². The van der Waals surface area contributed by atoms with Crippen LogP contribution >= 0.6 is 0 Å². The van der Waals surface area contributed by atoms with Crippen LogP contribution in [0.1, 0.15) is 44.9 Å². The van der Waals surface area contributed by atoms with Crippen molar-refractivity contribution >= 4 is 15.8 Å². The molecule has 0 bridgehead atoms. The Labute approximate surface area is 125 Å². The molecule has 21 heavy (non-hydrogen) atoms. The zero-order valence-corrected chi connectivity index (χ0v) is 12.8. The number of hydrogen-bond acceptors (Lipinski definition) is 4. The van der Waals surface area contributed by atoms with E-state index in [0.29, 0.717) is 13.0 Å². The molecule has 2 heterocycles. The van der Waals surface area contributed by atoms with E-state index in [2.05, 4.69) is 10.2 Å². The number of sulfonamides is 1. The van der Waals surface area contributed by atoms with E-state index in [-0.39, 0.29) is 22.8 Å². The number of carbonyl (C=O) groups is 1. The van der Waals surface area contributed by atoms with E-state index in [9.17, 15) is 13.2 Å². The minimum Gasteiger partial charge on any atom is -0.299 e. The first-order valence-corrected chi connectivity index (χ1v) is 9.08. The Kier molecular flexibility index (Phi) is 4.12. The first-order chi connectivity index (χ1) is 10.1. The molecule has 3 rings (SSSR count). The topological polar surface area (TPSA) is 83.1 Å². The summed E-state index contributed by atoms with van der Waals surface area (Å²) in [5, 5.41) is 6.41. The van der Waals surface area contributed by atoms with Gasteiger partial charge in [0, 0.05) is 24.9 Å². The van der Waals surface area contributed by atoms with Crippen molar-refractivity contribution in [1.29, 1.82) is 0 Å². The fraction of sp³-hybridized carbons (Fsp3) is 0.714. The van der Waals surface area contributed by atoms with Crippen LogP contribution < -0.4 is 0 Å². The Bertz CT molecular complexity index is 597. The number of H-pyrrole nitrogens is 1. The number of ketones is 1. The second-order valence-corrected chi connectivity index (χ2v) is 7.78. The van der Waals surface area contributed by atoms with Gasteiger partial charge in [0.25, 0.3) is 10.0 Å². The fourth-order valence-corrected chi connectivity index (χ4v) is 5.19. The van der Waals surface area contributed by atoms with Crippen molar-refractivity contribution in [2.24, 2.45) is 5.92 Å². The smallest absolute Gasteiger partial charge is 0.260 e. The Morgan fingerprint density at radius 2 is 2.00 bits per heavy atom. The second-order valence-electron chi connectivity index (χ2n) is 5.92. The predicted octanol–water partition coefficient (Wildman–Crippen LogP) is 1.71. The lowest BCUT2D eigenvalue weighted by atomic mass is 9.80. The van der Waals surface area contributed by atoms with E-state index in [1.54, 1.807) is 0 Å². The van der Waals surface area contributed by atoms with Gasteiger partial charge >= 0.3 is 0 Å². The highest BCUT2D eigenvalue weighted by Gasteiger charge is 2.41.